The molecule has 0 saturated carbocycles. The molecular formula is C16H18BrNO. The molecule has 2 nitrogen and oxygen atoms in total. The lowest BCUT2D eigenvalue weighted by molar-refractivity contribution is 0.412. The molecule has 0 atom stereocenters. The highest BCUT2D eigenvalue weighted by Crippen LogP contribution is 2.28. The molecule has 0 amide bonds. The molecule has 2 rings (SSSR count). The molecule has 0 aliphatic rings. The number of halogens is 1. The topological polar surface area (TPSA) is 21.3 Å². The Bertz CT molecular complexity index is 537. The average Bonchev–Trinajstić information content (AvgIpc) is 2.47. The van der Waals surface area contributed by atoms with E-state index in [1.165, 1.54) is 11.1 Å². The Balaban J connectivity index is 2.01. The van der Waals surface area contributed by atoms with Crippen LogP contribution in [0.2, 0.25) is 0 Å². The molecule has 0 unspecified atom stereocenters. The number of benzene rings is 2. The van der Waals surface area contributed by atoms with Crippen molar-refractivity contribution >= 4 is 21.6 Å². The van der Waals surface area contributed by atoms with Crippen molar-refractivity contribution in [3.8, 4) is 5.75 Å². The van der Waals surface area contributed by atoms with Gasteiger partial charge in [-0.05, 0) is 45.6 Å². The molecule has 0 spiro atoms. The summed E-state index contributed by atoms with van der Waals surface area (Å²) >= 11 is 3.45. The molecule has 0 fully saturated rings. The molecule has 0 aromatic heterocycles. The Kier molecular flexibility index (Phi) is 4.86. The minimum absolute atomic E-state index is 0.814. The van der Waals surface area contributed by atoms with E-state index in [9.17, 15) is 0 Å². The minimum Gasteiger partial charge on any atom is -0.495 e. The van der Waals surface area contributed by atoms with Crippen LogP contribution in [0.25, 0.3) is 0 Å². The summed E-state index contributed by atoms with van der Waals surface area (Å²) in [5.41, 5.74) is 3.70. The zero-order valence-electron chi connectivity index (χ0n) is 11.2. The van der Waals surface area contributed by atoms with Crippen LogP contribution >= 0.6 is 15.9 Å². The summed E-state index contributed by atoms with van der Waals surface area (Å²) < 4.78 is 6.25. The maximum atomic E-state index is 5.28. The summed E-state index contributed by atoms with van der Waals surface area (Å²) in [5, 5.41) is 3.40. The molecule has 0 heterocycles. The van der Waals surface area contributed by atoms with E-state index in [1.807, 2.05) is 18.2 Å². The predicted octanol–water partition coefficient (Wildman–Crippen LogP) is 4.63. The Labute approximate surface area is 122 Å². The number of nitrogens with one attached hydrogen (secondary N) is 1. The van der Waals surface area contributed by atoms with Crippen LogP contribution in [0.4, 0.5) is 5.69 Å². The fourth-order valence-corrected chi connectivity index (χ4v) is 2.28. The molecule has 0 aliphatic heterocycles. The fraction of sp³-hybridized carbons (Fsp3) is 0.250. The fourth-order valence-electron chi connectivity index (χ4n) is 1.87. The largest absolute Gasteiger partial charge is 0.495 e. The van der Waals surface area contributed by atoms with Gasteiger partial charge >= 0.3 is 0 Å². The molecule has 0 saturated heterocycles. The van der Waals surface area contributed by atoms with Gasteiger partial charge in [0.1, 0.15) is 5.75 Å². The average molecular weight is 320 g/mol. The third-order valence-electron chi connectivity index (χ3n) is 3.08. The van der Waals surface area contributed by atoms with E-state index in [0.29, 0.717) is 0 Å². The molecule has 1 N–H and O–H groups in total. The summed E-state index contributed by atoms with van der Waals surface area (Å²) in [6.45, 7) is 2.98. The van der Waals surface area contributed by atoms with Gasteiger partial charge in [0, 0.05) is 18.3 Å². The van der Waals surface area contributed by atoms with Crippen molar-refractivity contribution in [2.45, 2.75) is 19.9 Å². The summed E-state index contributed by atoms with van der Waals surface area (Å²) in [5.74, 6) is 0.839. The summed E-state index contributed by atoms with van der Waals surface area (Å²) in [6.07, 6.45) is 1.08. The lowest BCUT2D eigenvalue weighted by Crippen LogP contribution is -2.00. The van der Waals surface area contributed by atoms with E-state index in [4.69, 9.17) is 4.74 Å². The zero-order valence-corrected chi connectivity index (χ0v) is 12.8. The molecule has 0 bridgehead atoms. The van der Waals surface area contributed by atoms with E-state index in [1.54, 1.807) is 7.11 Å². The molecule has 100 valence electrons. The van der Waals surface area contributed by atoms with Gasteiger partial charge in [0.25, 0.3) is 0 Å². The maximum Gasteiger partial charge on any atom is 0.135 e. The van der Waals surface area contributed by atoms with E-state index >= 15 is 0 Å². The molecule has 0 aliphatic carbocycles. The van der Waals surface area contributed by atoms with Gasteiger partial charge in [0.05, 0.1) is 11.6 Å². The van der Waals surface area contributed by atoms with E-state index in [2.05, 4.69) is 52.4 Å². The number of aryl methyl sites for hydroxylation is 1. The van der Waals surface area contributed by atoms with Gasteiger partial charge in [-0.3, -0.25) is 0 Å². The van der Waals surface area contributed by atoms with Crippen molar-refractivity contribution < 1.29 is 4.74 Å². The summed E-state index contributed by atoms with van der Waals surface area (Å²) in [4.78, 5) is 0. The second-order valence-corrected chi connectivity index (χ2v) is 5.23. The first-order chi connectivity index (χ1) is 9.22. The summed E-state index contributed by atoms with van der Waals surface area (Å²) in [7, 11) is 1.67. The van der Waals surface area contributed by atoms with Gasteiger partial charge in [-0.25, -0.2) is 0 Å². The number of hydrogen-bond donors (Lipinski definition) is 1. The molecule has 2 aromatic carbocycles. The zero-order chi connectivity index (χ0) is 13.7. The second kappa shape index (κ2) is 6.62. The Morgan fingerprint density at radius 2 is 1.74 bits per heavy atom. The molecule has 3 heteroatoms. The first-order valence-corrected chi connectivity index (χ1v) is 7.17. The van der Waals surface area contributed by atoms with Crippen LogP contribution in [0.5, 0.6) is 5.75 Å². The number of hydrogen-bond acceptors (Lipinski definition) is 2. The van der Waals surface area contributed by atoms with Gasteiger partial charge in [-0.15, -0.1) is 0 Å². The van der Waals surface area contributed by atoms with Gasteiger partial charge in [0.2, 0.25) is 0 Å². The smallest absolute Gasteiger partial charge is 0.135 e. The van der Waals surface area contributed by atoms with Crippen LogP contribution in [0.3, 0.4) is 0 Å². The van der Waals surface area contributed by atoms with Crippen molar-refractivity contribution in [3.63, 3.8) is 0 Å². The van der Waals surface area contributed by atoms with Crippen molar-refractivity contribution in [3.05, 3.63) is 58.1 Å². The predicted molar refractivity (Wildman–Crippen MR) is 83.8 cm³/mol. The first-order valence-electron chi connectivity index (χ1n) is 6.38. The van der Waals surface area contributed by atoms with Gasteiger partial charge in [-0.1, -0.05) is 31.2 Å². The molecule has 2 aromatic rings. The quantitative estimate of drug-likeness (QED) is 0.867. The Hall–Kier alpha value is -1.48. The van der Waals surface area contributed by atoms with Gasteiger partial charge < -0.3 is 10.1 Å². The lowest BCUT2D eigenvalue weighted by atomic mass is 10.1. The highest BCUT2D eigenvalue weighted by molar-refractivity contribution is 9.10. The van der Waals surface area contributed by atoms with Crippen LogP contribution in [-0.2, 0) is 13.0 Å². The molecular weight excluding hydrogens is 302 g/mol. The van der Waals surface area contributed by atoms with Crippen LogP contribution in [0, 0.1) is 0 Å². The van der Waals surface area contributed by atoms with Crippen LogP contribution < -0.4 is 10.1 Å². The molecule has 19 heavy (non-hydrogen) atoms. The second-order valence-electron chi connectivity index (χ2n) is 4.37. The highest BCUT2D eigenvalue weighted by Gasteiger charge is 2.01. The highest BCUT2D eigenvalue weighted by atomic mass is 79.9. The normalized spacial score (nSPS) is 10.3. The van der Waals surface area contributed by atoms with Gasteiger partial charge in [-0.2, -0.15) is 0 Å². The van der Waals surface area contributed by atoms with E-state index in [0.717, 1.165) is 28.9 Å². The number of methoxy groups -OCH3 is 1. The van der Waals surface area contributed by atoms with Crippen LogP contribution in [-0.4, -0.2) is 7.11 Å². The number of ether oxygens (including phenoxy) is 1. The standard InChI is InChI=1S/C16H18BrNO/c1-3-12-4-6-13(7-5-12)11-18-14-8-9-15(17)16(10-14)19-2/h4-10,18H,3,11H2,1-2H3. The van der Waals surface area contributed by atoms with Crippen LogP contribution in [0.15, 0.2) is 46.9 Å². The maximum absolute atomic E-state index is 5.28. The Morgan fingerprint density at radius 1 is 1.05 bits per heavy atom. The monoisotopic (exact) mass is 319 g/mol. The van der Waals surface area contributed by atoms with Crippen molar-refractivity contribution in [1.29, 1.82) is 0 Å². The van der Waals surface area contributed by atoms with Crippen molar-refractivity contribution in [2.75, 3.05) is 12.4 Å². The Morgan fingerprint density at radius 3 is 2.37 bits per heavy atom. The van der Waals surface area contributed by atoms with E-state index < -0.39 is 0 Å². The van der Waals surface area contributed by atoms with E-state index in [-0.39, 0.29) is 0 Å². The number of anilines is 1. The van der Waals surface area contributed by atoms with Crippen LogP contribution in [0.1, 0.15) is 18.1 Å². The molecule has 0 radical (unpaired) electrons. The van der Waals surface area contributed by atoms with Crippen molar-refractivity contribution in [2.24, 2.45) is 0 Å². The van der Waals surface area contributed by atoms with Crippen molar-refractivity contribution in [1.82, 2.24) is 0 Å². The summed E-state index contributed by atoms with van der Waals surface area (Å²) in [6, 6.07) is 14.7. The van der Waals surface area contributed by atoms with Gasteiger partial charge in [0.15, 0.2) is 0 Å². The first kappa shape index (κ1) is 13.9. The SMILES string of the molecule is CCc1ccc(CNc2ccc(Br)c(OC)c2)cc1. The third-order valence-corrected chi connectivity index (χ3v) is 3.73. The minimum atomic E-state index is 0.814. The third kappa shape index (κ3) is 3.74. The lowest BCUT2D eigenvalue weighted by Gasteiger charge is -2.10. The number of rotatable bonds is 5.